The summed E-state index contributed by atoms with van der Waals surface area (Å²) >= 11 is 0.458. The van der Waals surface area contributed by atoms with Gasteiger partial charge in [-0.2, -0.15) is 0 Å². The Bertz CT molecular complexity index is 322. The second kappa shape index (κ2) is 7.13. The van der Waals surface area contributed by atoms with Crippen LogP contribution in [0, 0.1) is 0 Å². The first kappa shape index (κ1) is 13.0. The Kier molecular flexibility index (Phi) is 5.47. The van der Waals surface area contributed by atoms with Crippen LogP contribution in [0.4, 0.5) is 0 Å². The average Bonchev–Trinajstić information content (AvgIpc) is 2.81. The molecule has 0 saturated heterocycles. The van der Waals surface area contributed by atoms with E-state index < -0.39 is 0 Å². The van der Waals surface area contributed by atoms with Crippen molar-refractivity contribution < 1.29 is 9.47 Å². The van der Waals surface area contributed by atoms with Gasteiger partial charge in [0.1, 0.15) is 0 Å². The molecule has 2 nitrogen and oxygen atoms in total. The van der Waals surface area contributed by atoms with Crippen LogP contribution in [0.1, 0.15) is 51.9 Å². The van der Waals surface area contributed by atoms with Gasteiger partial charge in [-0.1, -0.05) is 0 Å². The quantitative estimate of drug-likeness (QED) is 0.565. The zero-order chi connectivity index (χ0) is 11.9. The van der Waals surface area contributed by atoms with E-state index >= 15 is 0 Å². The molecule has 1 aromatic heterocycles. The molecule has 1 atom stereocenters. The van der Waals surface area contributed by atoms with E-state index in [-0.39, 0.29) is 0 Å². The van der Waals surface area contributed by atoms with Crippen LogP contribution in [0.2, 0.25) is 0 Å². The van der Waals surface area contributed by atoms with E-state index in [2.05, 4.69) is 16.8 Å². The summed E-state index contributed by atoms with van der Waals surface area (Å²) in [4.78, 5) is 4.33. The number of hydrogen-bond acceptors (Lipinski definition) is 2. The molecular weight excluding hydrogens is 279 g/mol. The third-order valence-corrected chi connectivity index (χ3v) is 4.66. The molecule has 0 spiro atoms. The van der Waals surface area contributed by atoms with Crippen molar-refractivity contribution in [3.8, 4) is 11.5 Å². The summed E-state index contributed by atoms with van der Waals surface area (Å²) in [6, 6.07) is 0. The monoisotopic (exact) mass is 302 g/mol. The Morgan fingerprint density at radius 2 is 1.88 bits per heavy atom. The van der Waals surface area contributed by atoms with Crippen LogP contribution in [0.3, 0.4) is 0 Å². The van der Waals surface area contributed by atoms with Crippen molar-refractivity contribution in [3.05, 3.63) is 9.88 Å². The number of rotatable bonds is 7. The van der Waals surface area contributed by atoms with Crippen LogP contribution in [-0.2, 0) is 0 Å². The Labute approximate surface area is 110 Å². The molecule has 2 rings (SSSR count). The summed E-state index contributed by atoms with van der Waals surface area (Å²) in [5.74, 6) is 2.00. The van der Waals surface area contributed by atoms with Crippen LogP contribution < -0.4 is 9.47 Å². The fraction of sp³-hybridized carbons (Fsp3) is 0.714. The minimum atomic E-state index is 0.290. The summed E-state index contributed by atoms with van der Waals surface area (Å²) in [6.07, 6.45) is 9.51. The molecule has 0 bridgehead atoms. The first-order chi connectivity index (χ1) is 8.40. The van der Waals surface area contributed by atoms with E-state index in [0.717, 1.165) is 24.5 Å². The van der Waals surface area contributed by atoms with Crippen LogP contribution in [0.15, 0.2) is 9.88 Å². The van der Waals surface area contributed by atoms with Gasteiger partial charge in [0.15, 0.2) is 0 Å². The Balaban J connectivity index is 1.59. The van der Waals surface area contributed by atoms with Gasteiger partial charge in [0, 0.05) is 0 Å². The number of hydrogen-bond donors (Lipinski definition) is 0. The molecule has 0 fully saturated rings. The number of unbranched alkanes of at least 4 members (excludes halogenated alkanes) is 5. The van der Waals surface area contributed by atoms with Crippen molar-refractivity contribution in [1.82, 2.24) is 0 Å². The van der Waals surface area contributed by atoms with Gasteiger partial charge in [0.2, 0.25) is 0 Å². The molecule has 0 saturated carbocycles. The van der Waals surface area contributed by atoms with Gasteiger partial charge >= 0.3 is 110 Å². The third kappa shape index (κ3) is 4.08. The molecular formula is C14H22O2Se. The van der Waals surface area contributed by atoms with Gasteiger partial charge in [-0.05, 0) is 0 Å². The summed E-state index contributed by atoms with van der Waals surface area (Å²) in [5, 5.41) is 0. The molecule has 96 valence electrons. The van der Waals surface area contributed by atoms with Crippen LogP contribution >= 0.6 is 0 Å². The molecule has 17 heavy (non-hydrogen) atoms. The van der Waals surface area contributed by atoms with E-state index in [9.17, 15) is 0 Å². The molecule has 1 aliphatic rings. The standard InChI is InChI=1S/C14H22O2Se/c1-2-3-4-5-6-7-8-12-9-15-13-10-17-11-14(13)16-12/h10-12H,2-9H2,1H3. The predicted molar refractivity (Wildman–Crippen MR) is 71.3 cm³/mol. The predicted octanol–water partition coefficient (Wildman–Crippen LogP) is 3.63. The van der Waals surface area contributed by atoms with E-state index in [1.165, 1.54) is 38.5 Å². The molecule has 0 N–H and O–H groups in total. The molecule has 1 aromatic rings. The topological polar surface area (TPSA) is 18.5 Å². The molecule has 0 aliphatic carbocycles. The first-order valence-electron chi connectivity index (χ1n) is 6.75. The molecule has 0 aromatic carbocycles. The Morgan fingerprint density at radius 3 is 2.76 bits per heavy atom. The van der Waals surface area contributed by atoms with E-state index in [1.54, 1.807) is 0 Å². The van der Waals surface area contributed by atoms with Crippen molar-refractivity contribution in [1.29, 1.82) is 0 Å². The van der Waals surface area contributed by atoms with Crippen molar-refractivity contribution in [2.75, 3.05) is 6.61 Å². The van der Waals surface area contributed by atoms with Crippen molar-refractivity contribution in [2.45, 2.75) is 58.0 Å². The minimum absolute atomic E-state index is 0.290. The van der Waals surface area contributed by atoms with Gasteiger partial charge in [-0.3, -0.25) is 0 Å². The van der Waals surface area contributed by atoms with Gasteiger partial charge in [-0.15, -0.1) is 0 Å². The molecule has 2 heterocycles. The average molecular weight is 301 g/mol. The van der Waals surface area contributed by atoms with Gasteiger partial charge in [0.25, 0.3) is 0 Å². The molecule has 1 aliphatic heterocycles. The van der Waals surface area contributed by atoms with E-state index in [0.29, 0.717) is 20.6 Å². The second-order valence-corrected chi connectivity index (χ2v) is 6.27. The van der Waals surface area contributed by atoms with Crippen LogP contribution in [0.25, 0.3) is 0 Å². The van der Waals surface area contributed by atoms with Crippen LogP contribution in [-0.4, -0.2) is 27.2 Å². The van der Waals surface area contributed by atoms with Crippen molar-refractivity contribution in [2.24, 2.45) is 0 Å². The van der Waals surface area contributed by atoms with Gasteiger partial charge in [-0.25, -0.2) is 0 Å². The second-order valence-electron chi connectivity index (χ2n) is 4.71. The Morgan fingerprint density at radius 1 is 1.12 bits per heavy atom. The zero-order valence-electron chi connectivity index (χ0n) is 10.6. The SMILES string of the molecule is CCCCCCCCC1COc2c[se]cc2O1. The molecule has 3 heteroatoms. The first-order valence-corrected chi connectivity index (χ1v) is 8.73. The number of ether oxygens (including phenoxy) is 2. The zero-order valence-corrected chi connectivity index (χ0v) is 12.3. The van der Waals surface area contributed by atoms with Gasteiger partial charge in [0.05, 0.1) is 0 Å². The maximum atomic E-state index is 5.92. The van der Waals surface area contributed by atoms with Crippen molar-refractivity contribution in [3.63, 3.8) is 0 Å². The summed E-state index contributed by atoms with van der Waals surface area (Å²) < 4.78 is 11.6. The van der Waals surface area contributed by atoms with E-state index in [1.807, 2.05) is 0 Å². The summed E-state index contributed by atoms with van der Waals surface area (Å²) in [6.45, 7) is 3.00. The third-order valence-electron chi connectivity index (χ3n) is 3.19. The maximum absolute atomic E-state index is 5.92. The molecule has 1 unspecified atom stereocenters. The normalized spacial score (nSPS) is 18.3. The molecule has 0 radical (unpaired) electrons. The fourth-order valence-corrected chi connectivity index (χ4v) is 3.56. The fourth-order valence-electron chi connectivity index (χ4n) is 2.16. The van der Waals surface area contributed by atoms with E-state index in [4.69, 9.17) is 9.47 Å². The summed E-state index contributed by atoms with van der Waals surface area (Å²) in [5.41, 5.74) is 0. The van der Waals surface area contributed by atoms with Crippen molar-refractivity contribution >= 4 is 14.5 Å². The van der Waals surface area contributed by atoms with Gasteiger partial charge < -0.3 is 0 Å². The van der Waals surface area contributed by atoms with Crippen LogP contribution in [0.5, 0.6) is 11.5 Å². The molecule has 0 amide bonds. The summed E-state index contributed by atoms with van der Waals surface area (Å²) in [7, 11) is 0. The Hall–Kier alpha value is -0.401. The number of fused-ring (bicyclic) bond motifs is 1.